The Morgan fingerprint density at radius 1 is 0.633 bits per heavy atom. The predicted octanol–water partition coefficient (Wildman–Crippen LogP) is 3.18. The van der Waals surface area contributed by atoms with Crippen molar-refractivity contribution < 1.29 is 60.7 Å². The van der Waals surface area contributed by atoms with Crippen molar-refractivity contribution in [1.82, 2.24) is 4.90 Å². The summed E-state index contributed by atoms with van der Waals surface area (Å²) in [6.07, 6.45) is 28.8. The van der Waals surface area contributed by atoms with E-state index in [2.05, 4.69) is 50.6 Å². The van der Waals surface area contributed by atoms with Crippen LogP contribution in [0.4, 0.5) is 0 Å². The van der Waals surface area contributed by atoms with Gasteiger partial charge in [0.25, 0.3) is 0 Å². The van der Waals surface area contributed by atoms with E-state index in [4.69, 9.17) is 25.0 Å². The maximum atomic E-state index is 7.50. The predicted molar refractivity (Wildman–Crippen MR) is 104 cm³/mol. The minimum absolute atomic E-state index is 0. The van der Waals surface area contributed by atoms with Crippen LogP contribution in [0, 0.1) is 103 Å². The third-order valence-electron chi connectivity index (χ3n) is 2.20. The average molecular weight is 569 g/mol. The second-order valence-corrected chi connectivity index (χ2v) is 3.90. The fourth-order valence-corrected chi connectivity index (χ4v) is 1.34. The summed E-state index contributed by atoms with van der Waals surface area (Å²) in [5, 5.41) is 0. The first-order valence-corrected chi connectivity index (χ1v) is 7.37. The van der Waals surface area contributed by atoms with E-state index in [1.807, 2.05) is 76.4 Å². The zero-order chi connectivity index (χ0) is 22.9. The van der Waals surface area contributed by atoms with Crippen molar-refractivity contribution in [2.75, 3.05) is 19.6 Å². The van der Waals surface area contributed by atoms with Crippen molar-refractivity contribution in [2.24, 2.45) is 0 Å². The van der Waals surface area contributed by atoms with Crippen molar-refractivity contribution >= 4 is 0 Å². The number of hydrogen-bond acceptors (Lipinski definition) is 1. The summed E-state index contributed by atoms with van der Waals surface area (Å²) < 4.78 is 30.0. The maximum absolute atomic E-state index is 7.50. The quantitative estimate of drug-likeness (QED) is 0.165. The summed E-state index contributed by atoms with van der Waals surface area (Å²) >= 11 is 0. The van der Waals surface area contributed by atoms with Gasteiger partial charge in [-0.05, 0) is 64.2 Å². The Bertz CT molecular complexity index is 359. The average Bonchev–Trinajstić information content (AvgIpc) is 3.54. The molecule has 2 saturated carbocycles. The van der Waals surface area contributed by atoms with E-state index >= 15 is 0 Å². The van der Waals surface area contributed by atoms with Crippen LogP contribution in [0.1, 0.15) is 0 Å². The van der Waals surface area contributed by atoms with Crippen LogP contribution < -0.4 is 0 Å². The maximum Gasteiger partial charge on any atom is 0 e. The number of terminal acetylenes is 1. The molecule has 0 aromatic carbocycles. The normalized spacial score (nSPS) is 11.2. The molecule has 5 nitrogen and oxygen atoms in total. The Labute approximate surface area is 212 Å². The SMILES string of the molecule is C#CCN(CC=C)CC=C.[C-]#[O+].[C-]#[O+].[C-]#[O+].[C-]#[O+].[CH]1[CH][CH][CH][CH]1.[CH]1[CH][CH][CH][CH]1.[Mo].[Mo]. The van der Waals surface area contributed by atoms with Crippen molar-refractivity contribution in [1.29, 1.82) is 0 Å². The first-order chi connectivity index (χ1) is 13.8. The van der Waals surface area contributed by atoms with E-state index in [1.54, 1.807) is 0 Å². The van der Waals surface area contributed by atoms with E-state index in [0.29, 0.717) is 6.54 Å². The van der Waals surface area contributed by atoms with Crippen LogP contribution in [-0.2, 0) is 60.7 Å². The van der Waals surface area contributed by atoms with Gasteiger partial charge in [0.2, 0.25) is 0 Å². The molecule has 2 rings (SSSR count). The smallest absolute Gasteiger partial charge is 0 e. The van der Waals surface area contributed by atoms with Gasteiger partial charge in [0, 0.05) is 55.2 Å². The Morgan fingerprint density at radius 2 is 0.833 bits per heavy atom. The van der Waals surface area contributed by atoms with E-state index in [-0.39, 0.29) is 42.1 Å². The van der Waals surface area contributed by atoms with Crippen molar-refractivity contribution in [3.63, 3.8) is 0 Å². The first kappa shape index (κ1) is 47.2. The number of nitrogens with zero attached hydrogens (tertiary/aromatic N) is 1. The molecule has 0 atom stereocenters. The molecule has 156 valence electrons. The minimum atomic E-state index is 0. The molecule has 10 radical (unpaired) electrons. The third-order valence-corrected chi connectivity index (χ3v) is 2.20. The zero-order valence-corrected chi connectivity index (χ0v) is 20.5. The van der Waals surface area contributed by atoms with E-state index in [9.17, 15) is 0 Å². The fraction of sp³-hybridized carbons (Fsp3) is 0.130. The number of rotatable bonds is 5. The molecule has 0 aromatic heterocycles. The molecule has 0 aromatic rings. The monoisotopic (exact) mass is 573 g/mol. The largest absolute Gasteiger partial charge is 0.0312 e. The zero-order valence-electron chi connectivity index (χ0n) is 16.4. The minimum Gasteiger partial charge on any atom is -0.0312 e. The van der Waals surface area contributed by atoms with Crippen LogP contribution in [0.25, 0.3) is 0 Å². The standard InChI is InChI=1S/C9H13N.2C5H5.4CO.2Mo/c1-4-7-10(8-5-2)9-6-3;2*1-2-4-5-3-1;4*1-2;;/h1,5-6H,2-3,7-9H2;2*1-5H;;;;;;. The molecule has 0 saturated heterocycles. The molecule has 0 N–H and O–H groups in total. The van der Waals surface area contributed by atoms with Gasteiger partial charge in [0.05, 0.1) is 6.54 Å². The Balaban J connectivity index is -0.0000000457. The van der Waals surface area contributed by atoms with Crippen LogP contribution in [0.2, 0.25) is 0 Å². The Hall–Kier alpha value is -0.663. The van der Waals surface area contributed by atoms with E-state index in [1.165, 1.54) is 0 Å². The van der Waals surface area contributed by atoms with Gasteiger partial charge < -0.3 is 0 Å². The van der Waals surface area contributed by atoms with Gasteiger partial charge in [-0.2, -0.15) is 0 Å². The van der Waals surface area contributed by atoms with Gasteiger partial charge in [0.1, 0.15) is 0 Å². The second-order valence-electron chi connectivity index (χ2n) is 3.90. The van der Waals surface area contributed by atoms with Gasteiger partial charge in [-0.1, -0.05) is 18.1 Å². The first-order valence-electron chi connectivity index (χ1n) is 7.37. The molecule has 0 spiro atoms. The Kier molecular flexibility index (Phi) is 99.1. The van der Waals surface area contributed by atoms with Crippen molar-refractivity contribution in [2.45, 2.75) is 0 Å². The van der Waals surface area contributed by atoms with Gasteiger partial charge in [0.15, 0.2) is 0 Å². The number of hydrogen-bond donors (Lipinski definition) is 0. The molecular formula is C23H23Mo2NO4. The van der Waals surface area contributed by atoms with Crippen LogP contribution in [-0.4, -0.2) is 24.5 Å². The molecule has 30 heavy (non-hydrogen) atoms. The summed E-state index contributed by atoms with van der Waals surface area (Å²) in [6.45, 7) is 27.6. The third kappa shape index (κ3) is 56.4. The summed E-state index contributed by atoms with van der Waals surface area (Å²) in [4.78, 5) is 2.07. The summed E-state index contributed by atoms with van der Waals surface area (Å²) in [6, 6.07) is 0. The summed E-state index contributed by atoms with van der Waals surface area (Å²) in [7, 11) is 0. The molecule has 0 heterocycles. The second kappa shape index (κ2) is 63.0. The van der Waals surface area contributed by atoms with Gasteiger partial charge in [-0.25, -0.2) is 0 Å². The molecule has 2 fully saturated rings. The van der Waals surface area contributed by atoms with Gasteiger partial charge in [-0.3, -0.25) is 4.90 Å². The summed E-state index contributed by atoms with van der Waals surface area (Å²) in [5.74, 6) is 2.57. The molecule has 2 aliphatic carbocycles. The van der Waals surface area contributed by atoms with Crippen LogP contribution in [0.3, 0.4) is 0 Å². The molecule has 0 aliphatic heterocycles. The Morgan fingerprint density at radius 3 is 0.967 bits per heavy atom. The molecule has 2 aliphatic rings. The molecule has 0 amide bonds. The van der Waals surface area contributed by atoms with Gasteiger partial charge in [-0.15, -0.1) is 19.6 Å². The molecular weight excluding hydrogens is 546 g/mol. The van der Waals surface area contributed by atoms with E-state index < -0.39 is 0 Å². The van der Waals surface area contributed by atoms with Gasteiger partial charge >= 0.3 is 45.2 Å². The van der Waals surface area contributed by atoms with Crippen molar-refractivity contribution in [3.8, 4) is 12.3 Å². The topological polar surface area (TPSA) is 82.8 Å². The van der Waals surface area contributed by atoms with Crippen LogP contribution >= 0.6 is 0 Å². The van der Waals surface area contributed by atoms with Crippen molar-refractivity contribution in [3.05, 3.63) is 116 Å². The van der Waals surface area contributed by atoms with Crippen LogP contribution in [0.5, 0.6) is 0 Å². The molecule has 0 bridgehead atoms. The fourth-order valence-electron chi connectivity index (χ4n) is 1.34. The molecule has 7 heteroatoms. The summed E-state index contributed by atoms with van der Waals surface area (Å²) in [5.41, 5.74) is 0. The van der Waals surface area contributed by atoms with E-state index in [0.717, 1.165) is 13.1 Å². The van der Waals surface area contributed by atoms with Crippen LogP contribution in [0.15, 0.2) is 25.3 Å². The molecule has 0 unspecified atom stereocenters.